The van der Waals surface area contributed by atoms with E-state index in [0.717, 1.165) is 22.4 Å². The molecule has 2 heterocycles. The van der Waals surface area contributed by atoms with Crippen LogP contribution in [0.25, 0.3) is 16.7 Å². The molecule has 2 aromatic heterocycles. The lowest BCUT2D eigenvalue weighted by molar-refractivity contribution is -0.122. The molecule has 4 rings (SSSR count). The first-order chi connectivity index (χ1) is 14.4. The van der Waals surface area contributed by atoms with Crippen molar-refractivity contribution in [1.29, 1.82) is 0 Å². The van der Waals surface area contributed by atoms with Crippen LogP contribution in [0.5, 0.6) is 0 Å². The summed E-state index contributed by atoms with van der Waals surface area (Å²) in [5, 5.41) is 7.09. The van der Waals surface area contributed by atoms with Crippen LogP contribution < -0.4 is 10.9 Å². The molecule has 0 aliphatic rings. The molecule has 0 aliphatic carbocycles. The molecule has 30 heavy (non-hydrogen) atoms. The van der Waals surface area contributed by atoms with E-state index in [0.29, 0.717) is 5.65 Å². The molecule has 1 N–H and O–H groups in total. The van der Waals surface area contributed by atoms with E-state index in [-0.39, 0.29) is 17.5 Å². The highest BCUT2D eigenvalue weighted by atomic mass is 19.1. The Labute approximate surface area is 169 Å². The van der Waals surface area contributed by atoms with Gasteiger partial charge in [0.25, 0.3) is 5.56 Å². The van der Waals surface area contributed by atoms with Gasteiger partial charge < -0.3 is 5.32 Å². The second-order valence-corrected chi connectivity index (χ2v) is 6.76. The zero-order valence-corrected chi connectivity index (χ0v) is 15.9. The van der Waals surface area contributed by atoms with Crippen molar-refractivity contribution in [3.8, 4) is 5.69 Å². The zero-order chi connectivity index (χ0) is 21.3. The van der Waals surface area contributed by atoms with Gasteiger partial charge in [0.15, 0.2) is 5.65 Å². The molecule has 152 valence electrons. The Morgan fingerprint density at radius 2 is 1.93 bits per heavy atom. The lowest BCUT2D eigenvalue weighted by Gasteiger charge is -2.15. The molecule has 0 fully saturated rings. The maximum absolute atomic E-state index is 13.9. The zero-order valence-electron chi connectivity index (χ0n) is 15.9. The van der Waals surface area contributed by atoms with Crippen LogP contribution in [-0.2, 0) is 11.3 Å². The number of aromatic nitrogens is 4. The number of nitrogens with zero attached hydrogens (tertiary/aromatic N) is 4. The van der Waals surface area contributed by atoms with E-state index in [1.54, 1.807) is 11.6 Å². The van der Waals surface area contributed by atoms with Crippen molar-refractivity contribution in [2.24, 2.45) is 0 Å². The largest absolute Gasteiger partial charge is 0.348 e. The van der Waals surface area contributed by atoms with E-state index in [1.807, 2.05) is 30.3 Å². The molecule has 0 aliphatic heterocycles. The van der Waals surface area contributed by atoms with Gasteiger partial charge in [0.1, 0.15) is 29.9 Å². The fourth-order valence-electron chi connectivity index (χ4n) is 3.19. The standard InChI is InChI=1S/C21H17F2N5O2/c1-13(16-8-7-14(22)9-18(16)23)26-19(29)11-27-12-24-20-17(21(27)30)10-25-28(20)15-5-3-2-4-6-15/h2-10,12-13H,11H2,1H3,(H,26,29)/t13-/m1/s1. The third kappa shape index (κ3) is 3.69. The summed E-state index contributed by atoms with van der Waals surface area (Å²) in [5.41, 5.74) is 0.863. The molecule has 4 aromatic rings. The summed E-state index contributed by atoms with van der Waals surface area (Å²) in [5.74, 6) is -1.96. The van der Waals surface area contributed by atoms with Crippen LogP contribution in [-0.4, -0.2) is 25.2 Å². The molecule has 1 amide bonds. The third-order valence-electron chi connectivity index (χ3n) is 4.68. The molecule has 0 bridgehead atoms. The minimum absolute atomic E-state index is 0.148. The lowest BCUT2D eigenvalue weighted by Crippen LogP contribution is -2.34. The van der Waals surface area contributed by atoms with Crippen molar-refractivity contribution < 1.29 is 13.6 Å². The predicted octanol–water partition coefficient (Wildman–Crippen LogP) is 2.74. The molecule has 0 saturated heterocycles. The smallest absolute Gasteiger partial charge is 0.264 e. The molecule has 7 nitrogen and oxygen atoms in total. The third-order valence-corrected chi connectivity index (χ3v) is 4.68. The van der Waals surface area contributed by atoms with Crippen molar-refractivity contribution >= 4 is 16.9 Å². The molecule has 9 heteroatoms. The Bertz CT molecular complexity index is 1280. The quantitative estimate of drug-likeness (QED) is 0.550. The highest BCUT2D eigenvalue weighted by Crippen LogP contribution is 2.18. The summed E-state index contributed by atoms with van der Waals surface area (Å²) in [4.78, 5) is 29.4. The minimum Gasteiger partial charge on any atom is -0.348 e. The number of fused-ring (bicyclic) bond motifs is 1. The molecule has 2 aromatic carbocycles. The van der Waals surface area contributed by atoms with Crippen LogP contribution in [0.4, 0.5) is 8.78 Å². The van der Waals surface area contributed by atoms with Gasteiger partial charge in [-0.1, -0.05) is 24.3 Å². The van der Waals surface area contributed by atoms with Crippen molar-refractivity contribution in [1.82, 2.24) is 24.6 Å². The summed E-state index contributed by atoms with van der Waals surface area (Å²) in [6.07, 6.45) is 2.68. The first-order valence-corrected chi connectivity index (χ1v) is 9.17. The van der Waals surface area contributed by atoms with E-state index in [9.17, 15) is 18.4 Å². The topological polar surface area (TPSA) is 81.8 Å². The van der Waals surface area contributed by atoms with E-state index >= 15 is 0 Å². The average molecular weight is 409 g/mol. The molecule has 0 unspecified atom stereocenters. The monoisotopic (exact) mass is 409 g/mol. The van der Waals surface area contributed by atoms with Crippen molar-refractivity contribution in [3.05, 3.63) is 88.6 Å². The Hall–Kier alpha value is -3.88. The van der Waals surface area contributed by atoms with Gasteiger partial charge in [-0.3, -0.25) is 14.2 Å². The average Bonchev–Trinajstić information content (AvgIpc) is 3.15. The van der Waals surface area contributed by atoms with E-state index < -0.39 is 29.1 Å². The van der Waals surface area contributed by atoms with Gasteiger partial charge in [-0.15, -0.1) is 0 Å². The van der Waals surface area contributed by atoms with Crippen LogP contribution in [0.2, 0.25) is 0 Å². The number of nitrogens with one attached hydrogen (secondary N) is 1. The highest BCUT2D eigenvalue weighted by Gasteiger charge is 2.17. The van der Waals surface area contributed by atoms with E-state index in [1.165, 1.54) is 18.6 Å². The normalized spacial score (nSPS) is 12.1. The molecular weight excluding hydrogens is 392 g/mol. The van der Waals surface area contributed by atoms with Crippen LogP contribution in [0, 0.1) is 11.6 Å². The number of carbonyl (C=O) groups is 1. The van der Waals surface area contributed by atoms with Gasteiger partial charge in [-0.05, 0) is 25.1 Å². The maximum Gasteiger partial charge on any atom is 0.264 e. The molecule has 1 atom stereocenters. The van der Waals surface area contributed by atoms with Crippen LogP contribution in [0.15, 0.2) is 65.8 Å². The Balaban J connectivity index is 1.54. The summed E-state index contributed by atoms with van der Waals surface area (Å²) in [6, 6.07) is 11.7. The van der Waals surface area contributed by atoms with E-state index in [4.69, 9.17) is 0 Å². The summed E-state index contributed by atoms with van der Waals surface area (Å²) in [7, 11) is 0. The van der Waals surface area contributed by atoms with Gasteiger partial charge in [0.05, 0.1) is 17.9 Å². The van der Waals surface area contributed by atoms with Crippen LogP contribution in [0.3, 0.4) is 0 Å². The Morgan fingerprint density at radius 1 is 1.17 bits per heavy atom. The number of benzene rings is 2. The predicted molar refractivity (Wildman–Crippen MR) is 106 cm³/mol. The molecule has 0 spiro atoms. The van der Waals surface area contributed by atoms with Gasteiger partial charge >= 0.3 is 0 Å². The number of carbonyl (C=O) groups excluding carboxylic acids is 1. The van der Waals surface area contributed by atoms with Crippen LogP contribution in [0.1, 0.15) is 18.5 Å². The number of amides is 1. The number of hydrogen-bond acceptors (Lipinski definition) is 4. The fraction of sp³-hybridized carbons (Fsp3) is 0.143. The first-order valence-electron chi connectivity index (χ1n) is 9.17. The molecular formula is C21H17F2N5O2. The van der Waals surface area contributed by atoms with Crippen molar-refractivity contribution in [3.63, 3.8) is 0 Å². The fourth-order valence-corrected chi connectivity index (χ4v) is 3.19. The number of para-hydroxylation sites is 1. The molecule has 0 radical (unpaired) electrons. The van der Waals surface area contributed by atoms with Crippen molar-refractivity contribution in [2.75, 3.05) is 0 Å². The van der Waals surface area contributed by atoms with Gasteiger partial charge in [-0.25, -0.2) is 18.4 Å². The van der Waals surface area contributed by atoms with Gasteiger partial charge in [-0.2, -0.15) is 5.10 Å². The van der Waals surface area contributed by atoms with Crippen LogP contribution >= 0.6 is 0 Å². The van der Waals surface area contributed by atoms with Gasteiger partial charge in [0.2, 0.25) is 5.91 Å². The first kappa shape index (κ1) is 19.4. The number of halogens is 2. The second-order valence-electron chi connectivity index (χ2n) is 6.76. The summed E-state index contributed by atoms with van der Waals surface area (Å²) in [6.45, 7) is 1.27. The second kappa shape index (κ2) is 7.86. The Kier molecular flexibility index (Phi) is 5.09. The lowest BCUT2D eigenvalue weighted by atomic mass is 10.1. The Morgan fingerprint density at radius 3 is 2.67 bits per heavy atom. The number of rotatable bonds is 5. The minimum atomic E-state index is -0.753. The SMILES string of the molecule is C[C@@H](NC(=O)Cn1cnc2c(cnn2-c2ccccc2)c1=O)c1ccc(F)cc1F. The molecule has 0 saturated carbocycles. The summed E-state index contributed by atoms with van der Waals surface area (Å²) < 4.78 is 29.7. The number of hydrogen-bond donors (Lipinski definition) is 1. The maximum atomic E-state index is 13.9. The highest BCUT2D eigenvalue weighted by molar-refractivity contribution is 5.78. The van der Waals surface area contributed by atoms with Gasteiger partial charge in [0, 0.05) is 11.6 Å². The van der Waals surface area contributed by atoms with E-state index in [2.05, 4.69) is 15.4 Å². The summed E-state index contributed by atoms with van der Waals surface area (Å²) >= 11 is 0. The van der Waals surface area contributed by atoms with Crippen molar-refractivity contribution in [2.45, 2.75) is 19.5 Å².